The second-order valence-corrected chi connectivity index (χ2v) is 3.96. The Labute approximate surface area is 74.4 Å². The van der Waals surface area contributed by atoms with Gasteiger partial charge in [-0.1, -0.05) is 13.8 Å². The molecule has 12 heavy (non-hydrogen) atoms. The highest BCUT2D eigenvalue weighted by atomic mass is 35.5. The van der Waals surface area contributed by atoms with Crippen LogP contribution in [0.15, 0.2) is 12.2 Å². The maximum absolute atomic E-state index is 11.8. The molecule has 0 radical (unpaired) electrons. The molecule has 0 amide bonds. The number of hydrogen-bond acceptors (Lipinski definition) is 1. The molecule has 0 aliphatic heterocycles. The largest absolute Gasteiger partial charge is 0.281 e. The number of carbonyl (C=O) groups excluding carboxylic acids is 1. The zero-order chi connectivity index (χ0) is 9.52. The van der Waals surface area contributed by atoms with Gasteiger partial charge in [0.25, 0.3) is 6.08 Å². The summed E-state index contributed by atoms with van der Waals surface area (Å²) in [5, 5.41) is -0.525. The summed E-state index contributed by atoms with van der Waals surface area (Å²) in [7, 11) is 0. The maximum Gasteiger partial charge on any atom is 0.266 e. The van der Waals surface area contributed by atoms with E-state index in [1.807, 2.05) is 0 Å². The first-order valence-electron chi connectivity index (χ1n) is 3.59. The average Bonchev–Trinajstić information content (AvgIpc) is 2.32. The van der Waals surface area contributed by atoms with E-state index in [1.165, 1.54) is 0 Å². The lowest BCUT2D eigenvalue weighted by atomic mass is 10.1. The Kier molecular flexibility index (Phi) is 2.25. The lowest BCUT2D eigenvalue weighted by Crippen LogP contribution is -1.96. The highest BCUT2D eigenvalue weighted by molar-refractivity contribution is 6.64. The molecule has 68 valence electrons. The molecule has 1 aliphatic carbocycles. The van der Waals surface area contributed by atoms with Crippen molar-refractivity contribution in [3.8, 4) is 0 Å². The molecular weight excluding hydrogens is 186 g/mol. The van der Waals surface area contributed by atoms with Crippen molar-refractivity contribution >= 4 is 16.8 Å². The van der Waals surface area contributed by atoms with Gasteiger partial charge in [0, 0.05) is 5.92 Å². The van der Waals surface area contributed by atoms with Crippen LogP contribution in [0.1, 0.15) is 13.8 Å². The van der Waals surface area contributed by atoms with E-state index in [9.17, 15) is 13.6 Å². The molecule has 0 heterocycles. The number of halogens is 3. The topological polar surface area (TPSA) is 17.1 Å². The minimum atomic E-state index is -1.74. The van der Waals surface area contributed by atoms with Gasteiger partial charge in [0.2, 0.25) is 5.24 Å². The van der Waals surface area contributed by atoms with Crippen LogP contribution in [0.2, 0.25) is 0 Å². The summed E-state index contributed by atoms with van der Waals surface area (Å²) in [6.45, 7) is 3.50. The van der Waals surface area contributed by atoms with E-state index in [1.54, 1.807) is 13.8 Å². The van der Waals surface area contributed by atoms with E-state index in [2.05, 4.69) is 0 Å². The van der Waals surface area contributed by atoms with Crippen LogP contribution in [-0.4, -0.2) is 5.24 Å². The third-order valence-corrected chi connectivity index (χ3v) is 2.70. The lowest BCUT2D eigenvalue weighted by molar-refractivity contribution is -0.113. The van der Waals surface area contributed by atoms with Crippen LogP contribution < -0.4 is 0 Å². The molecule has 4 heteroatoms. The lowest BCUT2D eigenvalue weighted by Gasteiger charge is -1.95. The molecule has 1 rings (SSSR count). The number of carbonyl (C=O) groups is 1. The van der Waals surface area contributed by atoms with Gasteiger partial charge in [0.1, 0.15) is 0 Å². The SMILES string of the molecule is CC1(C)C(C(=O)Cl)[C@H]1C=C(F)F. The molecular formula is C8H9ClF2O. The molecule has 1 saturated carbocycles. The normalized spacial score (nSPS) is 31.1. The van der Waals surface area contributed by atoms with Crippen molar-refractivity contribution in [2.45, 2.75) is 13.8 Å². The number of rotatable bonds is 2. The maximum atomic E-state index is 11.8. The van der Waals surface area contributed by atoms with Gasteiger partial charge in [-0.05, 0) is 29.0 Å². The van der Waals surface area contributed by atoms with Crippen molar-refractivity contribution < 1.29 is 13.6 Å². The summed E-state index contributed by atoms with van der Waals surface area (Å²) in [6, 6.07) is 0. The Morgan fingerprint density at radius 1 is 1.50 bits per heavy atom. The summed E-state index contributed by atoms with van der Waals surface area (Å²) in [5.74, 6) is -0.840. The van der Waals surface area contributed by atoms with Crippen LogP contribution in [0.4, 0.5) is 8.78 Å². The third kappa shape index (κ3) is 1.51. The summed E-state index contributed by atoms with van der Waals surface area (Å²) >= 11 is 5.22. The minimum Gasteiger partial charge on any atom is -0.281 e. The van der Waals surface area contributed by atoms with Crippen LogP contribution in [0.25, 0.3) is 0 Å². The molecule has 0 N–H and O–H groups in total. The predicted octanol–water partition coefficient (Wildman–Crippen LogP) is 2.80. The monoisotopic (exact) mass is 194 g/mol. The van der Waals surface area contributed by atoms with Gasteiger partial charge >= 0.3 is 0 Å². The fourth-order valence-corrected chi connectivity index (χ4v) is 1.97. The number of hydrogen-bond donors (Lipinski definition) is 0. The van der Waals surface area contributed by atoms with Gasteiger partial charge < -0.3 is 0 Å². The Hall–Kier alpha value is -0.440. The third-order valence-electron chi connectivity index (χ3n) is 2.46. The summed E-state index contributed by atoms with van der Waals surface area (Å²) < 4.78 is 23.6. The van der Waals surface area contributed by atoms with Crippen LogP contribution in [-0.2, 0) is 4.79 Å². The number of allylic oxidation sites excluding steroid dienone is 1. The van der Waals surface area contributed by atoms with Crippen molar-refractivity contribution in [3.63, 3.8) is 0 Å². The fraction of sp³-hybridized carbons (Fsp3) is 0.625. The Bertz CT molecular complexity index is 243. The molecule has 0 aromatic carbocycles. The standard InChI is InChI=1S/C8H9ClF2O/c1-8(2)4(3-5(10)11)6(8)7(9)12/h3-4,6H,1-2H3/t4-,6?/m1/s1. The highest BCUT2D eigenvalue weighted by Gasteiger charge is 2.60. The second kappa shape index (κ2) is 2.80. The molecule has 0 spiro atoms. The van der Waals surface area contributed by atoms with Crippen molar-refractivity contribution in [2.24, 2.45) is 17.3 Å². The van der Waals surface area contributed by atoms with E-state index in [0.29, 0.717) is 0 Å². The average molecular weight is 195 g/mol. The van der Waals surface area contributed by atoms with E-state index < -0.39 is 28.6 Å². The van der Waals surface area contributed by atoms with Crippen molar-refractivity contribution in [1.82, 2.24) is 0 Å². The van der Waals surface area contributed by atoms with Crippen molar-refractivity contribution in [2.75, 3.05) is 0 Å². The molecule has 1 fully saturated rings. The van der Waals surface area contributed by atoms with Gasteiger partial charge in [-0.15, -0.1) is 0 Å². The Balaban J connectivity index is 2.73. The molecule has 1 unspecified atom stereocenters. The zero-order valence-corrected chi connectivity index (χ0v) is 7.53. The molecule has 0 bridgehead atoms. The summed E-state index contributed by atoms with van der Waals surface area (Å²) in [4.78, 5) is 10.7. The fourth-order valence-electron chi connectivity index (χ4n) is 1.56. The van der Waals surface area contributed by atoms with Crippen molar-refractivity contribution in [1.29, 1.82) is 0 Å². The smallest absolute Gasteiger partial charge is 0.266 e. The van der Waals surface area contributed by atoms with E-state index >= 15 is 0 Å². The van der Waals surface area contributed by atoms with Crippen LogP contribution in [0.3, 0.4) is 0 Å². The molecule has 1 aliphatic rings. The first-order chi connectivity index (χ1) is 5.37. The summed E-state index contributed by atoms with van der Waals surface area (Å²) in [6.07, 6.45) is -0.932. The molecule has 0 aromatic heterocycles. The molecule has 0 saturated heterocycles. The Morgan fingerprint density at radius 2 is 2.00 bits per heavy atom. The van der Waals surface area contributed by atoms with Crippen LogP contribution >= 0.6 is 11.6 Å². The van der Waals surface area contributed by atoms with Gasteiger partial charge in [0.05, 0.1) is 0 Å². The quantitative estimate of drug-likeness (QED) is 0.618. The van der Waals surface area contributed by atoms with Crippen LogP contribution in [0, 0.1) is 17.3 Å². The van der Waals surface area contributed by atoms with Crippen molar-refractivity contribution in [3.05, 3.63) is 12.2 Å². The zero-order valence-electron chi connectivity index (χ0n) is 6.77. The first kappa shape index (κ1) is 9.65. The Morgan fingerprint density at radius 3 is 2.25 bits per heavy atom. The van der Waals surface area contributed by atoms with Gasteiger partial charge in [0.15, 0.2) is 0 Å². The molecule has 2 atom stereocenters. The molecule has 1 nitrogen and oxygen atoms in total. The predicted molar refractivity (Wildman–Crippen MR) is 41.9 cm³/mol. The highest BCUT2D eigenvalue weighted by Crippen LogP contribution is 2.60. The minimum absolute atomic E-state index is 0.396. The van der Waals surface area contributed by atoms with Gasteiger partial charge in [-0.3, -0.25) is 4.79 Å². The second-order valence-electron chi connectivity index (χ2n) is 3.59. The first-order valence-corrected chi connectivity index (χ1v) is 3.97. The molecule has 0 aromatic rings. The van der Waals surface area contributed by atoms with E-state index in [0.717, 1.165) is 6.08 Å². The van der Waals surface area contributed by atoms with Gasteiger partial charge in [-0.2, -0.15) is 8.78 Å². The van der Waals surface area contributed by atoms with Gasteiger partial charge in [-0.25, -0.2) is 0 Å². The van der Waals surface area contributed by atoms with E-state index in [-0.39, 0.29) is 0 Å². The van der Waals surface area contributed by atoms with Crippen LogP contribution in [0.5, 0.6) is 0 Å². The summed E-state index contributed by atoms with van der Waals surface area (Å²) in [5.41, 5.74) is -0.401. The van der Waals surface area contributed by atoms with E-state index in [4.69, 9.17) is 11.6 Å².